The van der Waals surface area contributed by atoms with Gasteiger partial charge in [0.15, 0.2) is 0 Å². The molecule has 3 atom stereocenters. The molecule has 0 saturated carbocycles. The maximum absolute atomic E-state index is 11.0. The van der Waals surface area contributed by atoms with Crippen molar-refractivity contribution >= 4 is 5.69 Å². The molecule has 3 aliphatic heterocycles. The largest absolute Gasteiger partial charge is 0.391 e. The second kappa shape index (κ2) is 6.71. The molecule has 2 saturated heterocycles. The Labute approximate surface area is 156 Å². The first-order valence-corrected chi connectivity index (χ1v) is 10.1. The minimum absolute atomic E-state index is 0.263. The third-order valence-corrected chi connectivity index (χ3v) is 6.59. The molecule has 0 amide bonds. The zero-order valence-corrected chi connectivity index (χ0v) is 15.3. The van der Waals surface area contributed by atoms with Crippen LogP contribution in [-0.4, -0.2) is 42.3 Å². The molecule has 0 spiro atoms. The number of hydrogen-bond donors (Lipinski definition) is 1. The summed E-state index contributed by atoms with van der Waals surface area (Å²) in [6, 6.07) is 17.9. The van der Waals surface area contributed by atoms with Crippen molar-refractivity contribution in [2.45, 2.75) is 37.8 Å². The molecule has 0 aliphatic carbocycles. The third-order valence-electron chi connectivity index (χ3n) is 6.59. The highest BCUT2D eigenvalue weighted by atomic mass is 16.3. The fourth-order valence-electron chi connectivity index (χ4n) is 5.33. The van der Waals surface area contributed by atoms with Gasteiger partial charge in [-0.05, 0) is 55.1 Å². The number of likely N-dealkylation sites (tertiary alicyclic amines) is 1. The van der Waals surface area contributed by atoms with Crippen LogP contribution in [0.25, 0.3) is 0 Å². The van der Waals surface area contributed by atoms with Crippen LogP contribution in [0.5, 0.6) is 0 Å². The topological polar surface area (TPSA) is 26.7 Å². The molecule has 1 N–H and O–H groups in total. The van der Waals surface area contributed by atoms with Crippen molar-refractivity contribution in [2.24, 2.45) is 5.92 Å². The van der Waals surface area contributed by atoms with Gasteiger partial charge in [0.2, 0.25) is 0 Å². The lowest BCUT2D eigenvalue weighted by atomic mass is 9.88. The van der Waals surface area contributed by atoms with Crippen molar-refractivity contribution in [3.8, 4) is 0 Å². The summed E-state index contributed by atoms with van der Waals surface area (Å²) in [5.74, 6) is 0.278. The third kappa shape index (κ3) is 2.74. The number of para-hydroxylation sites is 1. The maximum atomic E-state index is 11.0. The van der Waals surface area contributed by atoms with Crippen LogP contribution in [0.3, 0.4) is 0 Å². The maximum Gasteiger partial charge on any atom is 0.0778 e. The molecule has 3 heterocycles. The van der Waals surface area contributed by atoms with Gasteiger partial charge in [-0.1, -0.05) is 48.9 Å². The van der Waals surface area contributed by atoms with Crippen LogP contribution < -0.4 is 4.90 Å². The monoisotopic (exact) mass is 348 g/mol. The van der Waals surface area contributed by atoms with E-state index in [9.17, 15) is 5.11 Å². The van der Waals surface area contributed by atoms with E-state index in [1.807, 2.05) is 0 Å². The molecule has 0 aromatic heterocycles. The number of aliphatic hydroxyl groups is 1. The van der Waals surface area contributed by atoms with Gasteiger partial charge in [-0.3, -0.25) is 0 Å². The second-order valence-corrected chi connectivity index (χ2v) is 8.19. The molecule has 0 radical (unpaired) electrons. The van der Waals surface area contributed by atoms with Gasteiger partial charge in [-0.25, -0.2) is 0 Å². The van der Waals surface area contributed by atoms with E-state index >= 15 is 0 Å². The van der Waals surface area contributed by atoms with E-state index in [2.05, 4.69) is 58.3 Å². The second-order valence-electron chi connectivity index (χ2n) is 8.19. The molecule has 136 valence electrons. The summed E-state index contributed by atoms with van der Waals surface area (Å²) < 4.78 is 0. The highest BCUT2D eigenvalue weighted by Gasteiger charge is 2.44. The van der Waals surface area contributed by atoms with Crippen molar-refractivity contribution in [1.82, 2.24) is 4.90 Å². The van der Waals surface area contributed by atoms with Crippen LogP contribution in [-0.2, 0) is 6.42 Å². The number of fused-ring (bicyclic) bond motifs is 5. The summed E-state index contributed by atoms with van der Waals surface area (Å²) in [5.41, 5.74) is 5.54. The van der Waals surface area contributed by atoms with Crippen molar-refractivity contribution in [1.29, 1.82) is 0 Å². The first-order valence-electron chi connectivity index (χ1n) is 10.1. The van der Waals surface area contributed by atoms with Gasteiger partial charge in [-0.15, -0.1) is 0 Å². The van der Waals surface area contributed by atoms with E-state index in [4.69, 9.17) is 0 Å². The lowest BCUT2D eigenvalue weighted by molar-refractivity contribution is 0.0954. The lowest BCUT2D eigenvalue weighted by Gasteiger charge is -2.34. The van der Waals surface area contributed by atoms with Gasteiger partial charge in [0.05, 0.1) is 12.1 Å². The van der Waals surface area contributed by atoms with Gasteiger partial charge in [0.1, 0.15) is 0 Å². The number of rotatable bonds is 2. The molecule has 3 heteroatoms. The molecule has 2 aromatic rings. The van der Waals surface area contributed by atoms with E-state index in [-0.39, 0.29) is 18.1 Å². The molecule has 26 heavy (non-hydrogen) atoms. The Hall–Kier alpha value is -1.84. The van der Waals surface area contributed by atoms with E-state index in [1.54, 1.807) is 0 Å². The summed E-state index contributed by atoms with van der Waals surface area (Å²) in [5, 5.41) is 11.0. The lowest BCUT2D eigenvalue weighted by Crippen LogP contribution is -2.39. The number of anilines is 1. The van der Waals surface area contributed by atoms with Gasteiger partial charge < -0.3 is 14.9 Å². The number of benzene rings is 2. The summed E-state index contributed by atoms with van der Waals surface area (Å²) in [6.45, 7) is 4.13. The Balaban J connectivity index is 1.56. The quantitative estimate of drug-likeness (QED) is 0.898. The zero-order valence-electron chi connectivity index (χ0n) is 15.3. The van der Waals surface area contributed by atoms with Crippen LogP contribution >= 0.6 is 0 Å². The molecule has 0 unspecified atom stereocenters. The van der Waals surface area contributed by atoms with Crippen molar-refractivity contribution in [2.75, 3.05) is 31.1 Å². The highest BCUT2D eigenvalue weighted by molar-refractivity contribution is 5.61. The number of hydrogen-bond acceptors (Lipinski definition) is 3. The normalized spacial score (nSPS) is 28.2. The Morgan fingerprint density at radius 3 is 2.46 bits per heavy atom. The number of piperidine rings is 1. The molecule has 5 rings (SSSR count). The van der Waals surface area contributed by atoms with E-state index in [0.717, 1.165) is 19.5 Å². The van der Waals surface area contributed by atoms with E-state index in [1.165, 1.54) is 54.7 Å². The summed E-state index contributed by atoms with van der Waals surface area (Å²) >= 11 is 0. The zero-order chi connectivity index (χ0) is 17.5. The molecule has 3 aliphatic rings. The van der Waals surface area contributed by atoms with Gasteiger partial charge in [0.25, 0.3) is 0 Å². The minimum Gasteiger partial charge on any atom is -0.391 e. The predicted octanol–water partition coefficient (Wildman–Crippen LogP) is 3.62. The van der Waals surface area contributed by atoms with E-state index in [0.29, 0.717) is 0 Å². The Bertz CT molecular complexity index is 783. The molecular weight excluding hydrogens is 320 g/mol. The molecule has 0 bridgehead atoms. The number of aliphatic hydroxyl groups excluding tert-OH is 1. The first kappa shape index (κ1) is 16.3. The smallest absolute Gasteiger partial charge is 0.0778 e. The average molecular weight is 348 g/mol. The highest BCUT2D eigenvalue weighted by Crippen LogP contribution is 2.46. The Morgan fingerprint density at radius 1 is 0.885 bits per heavy atom. The van der Waals surface area contributed by atoms with Crippen LogP contribution in [0.1, 0.15) is 42.0 Å². The molecule has 3 nitrogen and oxygen atoms in total. The summed E-state index contributed by atoms with van der Waals surface area (Å²) in [6.07, 6.45) is 4.69. The molecular formula is C23H28N2O. The standard InChI is InChI=1S/C23H28N2O/c26-22-16-25-21-11-5-3-9-18(21)14-17-8-2-4-10-19(17)23(25)20(22)15-24-12-6-1-7-13-24/h2-5,8-11,20,22-23,26H,1,6-7,12-16H2/t20-,22+,23+/m1/s1. The summed E-state index contributed by atoms with van der Waals surface area (Å²) in [4.78, 5) is 5.07. The van der Waals surface area contributed by atoms with Crippen LogP contribution in [0.15, 0.2) is 48.5 Å². The van der Waals surface area contributed by atoms with Crippen LogP contribution in [0.2, 0.25) is 0 Å². The Morgan fingerprint density at radius 2 is 1.62 bits per heavy atom. The van der Waals surface area contributed by atoms with Gasteiger partial charge in [0, 0.05) is 24.7 Å². The fourth-order valence-corrected chi connectivity index (χ4v) is 5.33. The van der Waals surface area contributed by atoms with Crippen LogP contribution in [0.4, 0.5) is 5.69 Å². The van der Waals surface area contributed by atoms with Crippen LogP contribution in [0, 0.1) is 5.92 Å². The van der Waals surface area contributed by atoms with Crippen molar-refractivity contribution in [3.63, 3.8) is 0 Å². The SMILES string of the molecule is O[C@H]1CN2c3ccccc3Cc3ccccc3[C@H]2[C@@H]1CN1CCCCC1. The molecule has 2 fully saturated rings. The Kier molecular flexibility index (Phi) is 4.22. The minimum atomic E-state index is -0.263. The summed E-state index contributed by atoms with van der Waals surface area (Å²) in [7, 11) is 0. The van der Waals surface area contributed by atoms with Crippen molar-refractivity contribution in [3.05, 3.63) is 65.2 Å². The van der Waals surface area contributed by atoms with Crippen molar-refractivity contribution < 1.29 is 5.11 Å². The predicted molar refractivity (Wildman–Crippen MR) is 106 cm³/mol. The van der Waals surface area contributed by atoms with Gasteiger partial charge >= 0.3 is 0 Å². The first-order chi connectivity index (χ1) is 12.8. The van der Waals surface area contributed by atoms with E-state index < -0.39 is 0 Å². The molecule has 2 aromatic carbocycles. The van der Waals surface area contributed by atoms with Gasteiger partial charge in [-0.2, -0.15) is 0 Å². The fraction of sp³-hybridized carbons (Fsp3) is 0.478. The average Bonchev–Trinajstić information content (AvgIpc) is 2.92. The number of nitrogens with zero attached hydrogens (tertiary/aromatic N) is 2.